The molecule has 2 atom stereocenters. The minimum atomic E-state index is 0.122. The SMILES string of the molecule is COc1nn(C)c2nc(C)c(CCC(=O)NC3CC3C)c(C)c12. The number of nitrogens with zero attached hydrogens (tertiary/aromatic N) is 3. The van der Waals surface area contributed by atoms with Crippen LogP contribution in [0.3, 0.4) is 0 Å². The Balaban J connectivity index is 1.84. The van der Waals surface area contributed by atoms with Gasteiger partial charge in [-0.1, -0.05) is 6.92 Å². The van der Waals surface area contributed by atoms with Crippen molar-refractivity contribution < 1.29 is 9.53 Å². The summed E-state index contributed by atoms with van der Waals surface area (Å²) in [6.45, 7) is 6.20. The zero-order valence-electron chi connectivity index (χ0n) is 14.4. The molecule has 124 valence electrons. The highest BCUT2D eigenvalue weighted by atomic mass is 16.5. The highest BCUT2D eigenvalue weighted by molar-refractivity contribution is 5.86. The first-order valence-electron chi connectivity index (χ1n) is 8.08. The van der Waals surface area contributed by atoms with E-state index in [0.717, 1.165) is 34.3 Å². The summed E-state index contributed by atoms with van der Waals surface area (Å²) in [7, 11) is 3.48. The molecule has 1 amide bonds. The van der Waals surface area contributed by atoms with Gasteiger partial charge in [0.1, 0.15) is 0 Å². The first-order valence-corrected chi connectivity index (χ1v) is 8.08. The fraction of sp³-hybridized carbons (Fsp3) is 0.588. The minimum Gasteiger partial charge on any atom is -0.479 e. The van der Waals surface area contributed by atoms with E-state index in [1.54, 1.807) is 11.8 Å². The van der Waals surface area contributed by atoms with E-state index in [4.69, 9.17) is 4.74 Å². The quantitative estimate of drug-likeness (QED) is 0.916. The molecular formula is C17H24N4O2. The molecule has 1 saturated carbocycles. The van der Waals surface area contributed by atoms with Crippen LogP contribution in [0.15, 0.2) is 0 Å². The molecule has 6 heteroatoms. The lowest BCUT2D eigenvalue weighted by atomic mass is 10.00. The van der Waals surface area contributed by atoms with Crippen LogP contribution < -0.4 is 10.1 Å². The molecule has 1 aliphatic rings. The molecule has 0 saturated heterocycles. The van der Waals surface area contributed by atoms with Crippen LogP contribution in [0.1, 0.15) is 36.6 Å². The predicted molar refractivity (Wildman–Crippen MR) is 88.6 cm³/mol. The van der Waals surface area contributed by atoms with Gasteiger partial charge in [-0.25, -0.2) is 9.67 Å². The zero-order valence-corrected chi connectivity index (χ0v) is 14.4. The first-order chi connectivity index (χ1) is 10.9. The number of aromatic nitrogens is 3. The Labute approximate surface area is 136 Å². The van der Waals surface area contributed by atoms with Crippen molar-refractivity contribution >= 4 is 16.9 Å². The van der Waals surface area contributed by atoms with E-state index in [0.29, 0.717) is 30.7 Å². The molecule has 6 nitrogen and oxygen atoms in total. The van der Waals surface area contributed by atoms with Crippen molar-refractivity contribution in [1.82, 2.24) is 20.1 Å². The van der Waals surface area contributed by atoms with Gasteiger partial charge in [0, 0.05) is 25.2 Å². The molecule has 23 heavy (non-hydrogen) atoms. The zero-order chi connectivity index (χ0) is 16.7. The lowest BCUT2D eigenvalue weighted by molar-refractivity contribution is -0.121. The number of rotatable bonds is 5. The van der Waals surface area contributed by atoms with E-state index < -0.39 is 0 Å². The number of ether oxygens (including phenoxy) is 1. The Hall–Kier alpha value is -2.11. The number of aryl methyl sites for hydroxylation is 3. The van der Waals surface area contributed by atoms with Crippen LogP contribution in [0.2, 0.25) is 0 Å². The average molecular weight is 316 g/mol. The molecule has 3 rings (SSSR count). The van der Waals surface area contributed by atoms with Gasteiger partial charge in [-0.15, -0.1) is 5.10 Å². The molecule has 2 unspecified atom stereocenters. The summed E-state index contributed by atoms with van der Waals surface area (Å²) in [5.41, 5.74) is 3.98. The molecule has 1 N–H and O–H groups in total. The topological polar surface area (TPSA) is 69.0 Å². The van der Waals surface area contributed by atoms with Crippen molar-refractivity contribution in [2.24, 2.45) is 13.0 Å². The number of methoxy groups -OCH3 is 1. The summed E-state index contributed by atoms with van der Waals surface area (Å²) in [6.07, 6.45) is 2.27. The molecule has 0 spiro atoms. The van der Waals surface area contributed by atoms with Crippen LogP contribution in [0.5, 0.6) is 5.88 Å². The summed E-state index contributed by atoms with van der Waals surface area (Å²) in [4.78, 5) is 16.7. The predicted octanol–water partition coefficient (Wildman–Crippen LogP) is 2.05. The number of hydrogen-bond donors (Lipinski definition) is 1. The van der Waals surface area contributed by atoms with Gasteiger partial charge in [0.05, 0.1) is 12.5 Å². The summed E-state index contributed by atoms with van der Waals surface area (Å²) in [6, 6.07) is 0.378. The number of pyridine rings is 1. The Morgan fingerprint density at radius 2 is 2.13 bits per heavy atom. The van der Waals surface area contributed by atoms with Crippen LogP contribution >= 0.6 is 0 Å². The van der Waals surface area contributed by atoms with Crippen molar-refractivity contribution in [3.05, 3.63) is 16.8 Å². The van der Waals surface area contributed by atoms with E-state index in [1.165, 1.54) is 0 Å². The number of carbonyl (C=O) groups excluding carboxylic acids is 1. The van der Waals surface area contributed by atoms with Crippen LogP contribution in [-0.4, -0.2) is 33.8 Å². The van der Waals surface area contributed by atoms with Crippen molar-refractivity contribution in [2.75, 3.05) is 7.11 Å². The van der Waals surface area contributed by atoms with Crippen LogP contribution in [0.25, 0.3) is 11.0 Å². The second kappa shape index (κ2) is 5.83. The fourth-order valence-corrected chi connectivity index (χ4v) is 3.15. The summed E-state index contributed by atoms with van der Waals surface area (Å²) < 4.78 is 7.11. The molecular weight excluding hydrogens is 292 g/mol. The third-order valence-electron chi connectivity index (χ3n) is 4.77. The van der Waals surface area contributed by atoms with Gasteiger partial charge in [0.15, 0.2) is 5.65 Å². The van der Waals surface area contributed by atoms with Crippen molar-refractivity contribution in [3.8, 4) is 5.88 Å². The number of amides is 1. The molecule has 1 aliphatic carbocycles. The number of hydrogen-bond acceptors (Lipinski definition) is 4. The summed E-state index contributed by atoms with van der Waals surface area (Å²) >= 11 is 0. The van der Waals surface area contributed by atoms with E-state index in [1.807, 2.05) is 14.0 Å². The van der Waals surface area contributed by atoms with Gasteiger partial charge in [-0.2, -0.15) is 0 Å². The van der Waals surface area contributed by atoms with E-state index in [-0.39, 0.29) is 5.91 Å². The second-order valence-electron chi connectivity index (χ2n) is 6.52. The lowest BCUT2D eigenvalue weighted by Gasteiger charge is -2.11. The number of fused-ring (bicyclic) bond motifs is 1. The summed E-state index contributed by atoms with van der Waals surface area (Å²) in [5, 5.41) is 8.37. The Bertz CT molecular complexity index is 766. The first kappa shape index (κ1) is 15.8. The molecule has 2 heterocycles. The maximum absolute atomic E-state index is 12.1. The minimum absolute atomic E-state index is 0.122. The van der Waals surface area contributed by atoms with Crippen LogP contribution in [0, 0.1) is 19.8 Å². The number of carbonyl (C=O) groups is 1. The Kier molecular flexibility index (Phi) is 4.00. The van der Waals surface area contributed by atoms with Gasteiger partial charge in [0.2, 0.25) is 11.8 Å². The van der Waals surface area contributed by atoms with Gasteiger partial charge in [0.25, 0.3) is 0 Å². The van der Waals surface area contributed by atoms with Crippen LogP contribution in [0.4, 0.5) is 0 Å². The van der Waals surface area contributed by atoms with Crippen molar-refractivity contribution in [3.63, 3.8) is 0 Å². The third-order valence-corrected chi connectivity index (χ3v) is 4.77. The second-order valence-corrected chi connectivity index (χ2v) is 6.52. The van der Waals surface area contributed by atoms with Gasteiger partial charge in [-0.05, 0) is 43.7 Å². The van der Waals surface area contributed by atoms with E-state index >= 15 is 0 Å². The number of nitrogens with one attached hydrogen (secondary N) is 1. The third kappa shape index (κ3) is 2.90. The van der Waals surface area contributed by atoms with E-state index in [9.17, 15) is 4.79 Å². The standard InChI is InChI=1S/C17H24N4O2/c1-9-8-13(9)19-14(22)7-6-12-10(2)15-16(18-11(12)3)21(4)20-17(15)23-5/h9,13H,6-8H2,1-5H3,(H,19,22). The van der Waals surface area contributed by atoms with E-state index in [2.05, 4.69) is 29.2 Å². The van der Waals surface area contributed by atoms with Crippen LogP contribution in [-0.2, 0) is 18.3 Å². The summed E-state index contributed by atoms with van der Waals surface area (Å²) in [5.74, 6) is 1.33. The molecule has 1 fully saturated rings. The van der Waals surface area contributed by atoms with Crippen molar-refractivity contribution in [1.29, 1.82) is 0 Å². The molecule has 0 aromatic carbocycles. The molecule has 0 bridgehead atoms. The molecule has 2 aromatic rings. The Morgan fingerprint density at radius 3 is 2.74 bits per heavy atom. The highest BCUT2D eigenvalue weighted by Gasteiger charge is 2.33. The Morgan fingerprint density at radius 1 is 1.43 bits per heavy atom. The molecule has 0 radical (unpaired) electrons. The van der Waals surface area contributed by atoms with Gasteiger partial charge in [-0.3, -0.25) is 4.79 Å². The van der Waals surface area contributed by atoms with Crippen molar-refractivity contribution in [2.45, 2.75) is 46.1 Å². The fourth-order valence-electron chi connectivity index (χ4n) is 3.15. The maximum Gasteiger partial charge on any atom is 0.242 e. The monoisotopic (exact) mass is 316 g/mol. The van der Waals surface area contributed by atoms with Gasteiger partial charge < -0.3 is 10.1 Å². The lowest BCUT2D eigenvalue weighted by Crippen LogP contribution is -2.26. The van der Waals surface area contributed by atoms with Gasteiger partial charge >= 0.3 is 0 Å². The molecule has 2 aromatic heterocycles. The maximum atomic E-state index is 12.1. The highest BCUT2D eigenvalue weighted by Crippen LogP contribution is 2.31. The molecule has 0 aliphatic heterocycles. The smallest absolute Gasteiger partial charge is 0.242 e. The largest absolute Gasteiger partial charge is 0.479 e. The normalized spacial score (nSPS) is 19.9. The average Bonchev–Trinajstić information content (AvgIpc) is 3.08.